The van der Waals surface area contributed by atoms with E-state index in [2.05, 4.69) is 16.6 Å². The monoisotopic (exact) mass is 304 g/mol. The lowest BCUT2D eigenvalue weighted by atomic mass is 10.2. The molecule has 0 aliphatic rings. The second kappa shape index (κ2) is 9.04. The van der Waals surface area contributed by atoms with Crippen molar-refractivity contribution in [2.45, 2.75) is 39.0 Å². The molecule has 0 bridgehead atoms. The lowest BCUT2D eigenvalue weighted by molar-refractivity contribution is 0.0600. The number of nitrogens with zero attached hydrogens (tertiary/aromatic N) is 1. The van der Waals surface area contributed by atoms with Crippen molar-refractivity contribution in [2.24, 2.45) is 5.73 Å². The third-order valence-corrected chi connectivity index (χ3v) is 3.00. The summed E-state index contributed by atoms with van der Waals surface area (Å²) in [6.45, 7) is 7.42. The molecule has 0 unspecified atom stereocenters. The van der Waals surface area contributed by atoms with Crippen molar-refractivity contribution in [1.82, 2.24) is 4.98 Å². The number of halogens is 1. The van der Waals surface area contributed by atoms with Crippen LogP contribution in [0, 0.1) is 0 Å². The van der Waals surface area contributed by atoms with Crippen LogP contribution in [0.1, 0.15) is 33.3 Å². The normalized spacial score (nSPS) is 10.4. The average Bonchev–Trinajstić information content (AvgIpc) is 2.25. The number of amides is 1. The molecule has 0 atom stereocenters. The van der Waals surface area contributed by atoms with Gasteiger partial charge in [0, 0.05) is 23.2 Å². The Bertz CT molecular complexity index is 394. The van der Waals surface area contributed by atoms with E-state index in [0.717, 1.165) is 22.1 Å². The highest BCUT2D eigenvalue weighted by Crippen LogP contribution is 2.18. The molecular weight excluding hydrogens is 284 g/mol. The van der Waals surface area contributed by atoms with Crippen LogP contribution >= 0.6 is 23.4 Å². The summed E-state index contributed by atoms with van der Waals surface area (Å²) in [5.41, 5.74) is 5.39. The highest BCUT2D eigenvalue weighted by molar-refractivity contribution is 7.98. The summed E-state index contributed by atoms with van der Waals surface area (Å²) in [5.74, 6) is 2.08. The standard InChI is InChI=1S/C8H10ClNS.C5H11NO2/c1-2-11-6-7-5-10-4-3-8(7)9;1-5(2,3)8-4(6)7/h3-5H,2,6H2,1H3;1-3H3,(H2,6,7). The molecule has 4 nitrogen and oxygen atoms in total. The number of nitrogens with two attached hydrogens (primary N) is 1. The lowest BCUT2D eigenvalue weighted by Crippen LogP contribution is -2.27. The molecule has 0 radical (unpaired) electrons. The summed E-state index contributed by atoms with van der Waals surface area (Å²) in [6.07, 6.45) is 2.81. The van der Waals surface area contributed by atoms with Crippen molar-refractivity contribution < 1.29 is 9.53 Å². The summed E-state index contributed by atoms with van der Waals surface area (Å²) >= 11 is 7.76. The Morgan fingerprint density at radius 1 is 1.53 bits per heavy atom. The predicted molar refractivity (Wildman–Crippen MR) is 81.5 cm³/mol. The number of carbonyl (C=O) groups excluding carboxylic acids is 1. The van der Waals surface area contributed by atoms with E-state index >= 15 is 0 Å². The quantitative estimate of drug-likeness (QED) is 0.920. The van der Waals surface area contributed by atoms with Crippen molar-refractivity contribution in [3.8, 4) is 0 Å². The van der Waals surface area contributed by atoms with E-state index in [9.17, 15) is 4.79 Å². The Balaban J connectivity index is 0.000000362. The number of hydrogen-bond donors (Lipinski definition) is 1. The van der Waals surface area contributed by atoms with Crippen LogP contribution in [0.15, 0.2) is 18.5 Å². The molecular formula is C13H21ClN2O2S. The summed E-state index contributed by atoms with van der Waals surface area (Å²) in [6, 6.07) is 1.83. The molecule has 0 aliphatic carbocycles. The zero-order valence-corrected chi connectivity index (χ0v) is 13.3. The van der Waals surface area contributed by atoms with Gasteiger partial charge < -0.3 is 10.5 Å². The fourth-order valence-electron chi connectivity index (χ4n) is 1.03. The maximum absolute atomic E-state index is 10.0. The van der Waals surface area contributed by atoms with Crippen molar-refractivity contribution in [3.05, 3.63) is 29.0 Å². The van der Waals surface area contributed by atoms with Gasteiger partial charge in [0.25, 0.3) is 0 Å². The van der Waals surface area contributed by atoms with E-state index in [1.54, 1.807) is 27.0 Å². The number of carbonyl (C=O) groups is 1. The van der Waals surface area contributed by atoms with Gasteiger partial charge in [0.1, 0.15) is 5.60 Å². The van der Waals surface area contributed by atoms with Crippen molar-refractivity contribution in [3.63, 3.8) is 0 Å². The molecule has 0 aromatic carbocycles. The minimum atomic E-state index is -0.725. The number of ether oxygens (including phenoxy) is 1. The Morgan fingerprint density at radius 3 is 2.53 bits per heavy atom. The second-order valence-electron chi connectivity index (χ2n) is 4.64. The number of pyridine rings is 1. The lowest BCUT2D eigenvalue weighted by Gasteiger charge is -2.16. The molecule has 1 rings (SSSR count). The summed E-state index contributed by atoms with van der Waals surface area (Å²) in [5, 5.41) is 0.820. The van der Waals surface area contributed by atoms with Crippen LogP contribution in [0.2, 0.25) is 5.02 Å². The number of thioether (sulfide) groups is 1. The first-order valence-corrected chi connectivity index (χ1v) is 7.44. The Hall–Kier alpha value is -0.940. The molecule has 2 N–H and O–H groups in total. The minimum absolute atomic E-state index is 0.453. The Labute approximate surface area is 124 Å². The number of rotatable bonds is 3. The van der Waals surface area contributed by atoms with Crippen LogP contribution < -0.4 is 5.73 Å². The molecule has 1 amide bonds. The molecule has 1 aromatic rings. The Kier molecular flexibility index (Phi) is 8.59. The van der Waals surface area contributed by atoms with Crippen LogP contribution in [0.25, 0.3) is 0 Å². The van der Waals surface area contributed by atoms with Crippen molar-refractivity contribution >= 4 is 29.5 Å². The van der Waals surface area contributed by atoms with Gasteiger partial charge in [0.15, 0.2) is 0 Å². The molecule has 0 saturated carbocycles. The molecule has 6 heteroatoms. The zero-order valence-electron chi connectivity index (χ0n) is 11.8. The molecule has 0 saturated heterocycles. The number of aromatic nitrogens is 1. The molecule has 0 aliphatic heterocycles. The largest absolute Gasteiger partial charge is 0.444 e. The van der Waals surface area contributed by atoms with E-state index in [1.165, 1.54) is 0 Å². The average molecular weight is 305 g/mol. The van der Waals surface area contributed by atoms with Crippen molar-refractivity contribution in [2.75, 3.05) is 5.75 Å². The first kappa shape index (κ1) is 18.1. The van der Waals surface area contributed by atoms with Gasteiger partial charge in [-0.3, -0.25) is 4.98 Å². The maximum Gasteiger partial charge on any atom is 0.405 e. The summed E-state index contributed by atoms with van der Waals surface area (Å²) < 4.78 is 4.58. The topological polar surface area (TPSA) is 65.2 Å². The van der Waals surface area contributed by atoms with E-state index in [4.69, 9.17) is 17.3 Å². The predicted octanol–water partition coefficient (Wildman–Crippen LogP) is 3.87. The SMILES string of the molecule is CC(C)(C)OC(N)=O.CCSCc1cnccc1Cl. The Morgan fingerprint density at radius 2 is 2.16 bits per heavy atom. The van der Waals surface area contributed by atoms with Gasteiger partial charge >= 0.3 is 6.09 Å². The van der Waals surface area contributed by atoms with Gasteiger partial charge in [0.2, 0.25) is 0 Å². The van der Waals surface area contributed by atoms with Crippen LogP contribution in [0.4, 0.5) is 4.79 Å². The first-order chi connectivity index (χ1) is 8.76. The molecule has 1 aromatic heterocycles. The van der Waals surface area contributed by atoms with Crippen LogP contribution in [0.3, 0.4) is 0 Å². The maximum atomic E-state index is 10.0. The molecule has 108 valence electrons. The van der Waals surface area contributed by atoms with E-state index in [0.29, 0.717) is 0 Å². The van der Waals surface area contributed by atoms with Gasteiger partial charge in [-0.05, 0) is 38.2 Å². The van der Waals surface area contributed by atoms with E-state index in [-0.39, 0.29) is 0 Å². The molecule has 1 heterocycles. The van der Waals surface area contributed by atoms with Crippen molar-refractivity contribution in [1.29, 1.82) is 0 Å². The van der Waals surface area contributed by atoms with Gasteiger partial charge in [-0.1, -0.05) is 18.5 Å². The zero-order chi connectivity index (χ0) is 14.9. The van der Waals surface area contributed by atoms with Gasteiger partial charge in [-0.25, -0.2) is 4.79 Å². The van der Waals surface area contributed by atoms with Crippen LogP contribution in [-0.4, -0.2) is 22.4 Å². The van der Waals surface area contributed by atoms with E-state index in [1.807, 2.05) is 24.0 Å². The number of primary amides is 1. The van der Waals surface area contributed by atoms with E-state index < -0.39 is 11.7 Å². The fourth-order valence-corrected chi connectivity index (χ4v) is 1.94. The number of hydrogen-bond acceptors (Lipinski definition) is 4. The minimum Gasteiger partial charge on any atom is -0.444 e. The first-order valence-electron chi connectivity index (χ1n) is 5.91. The van der Waals surface area contributed by atoms with Crippen LogP contribution in [-0.2, 0) is 10.5 Å². The fraction of sp³-hybridized carbons (Fsp3) is 0.538. The molecule has 0 fully saturated rings. The third-order valence-electron chi connectivity index (χ3n) is 1.71. The summed E-state index contributed by atoms with van der Waals surface area (Å²) in [4.78, 5) is 14.0. The third kappa shape index (κ3) is 10.7. The smallest absolute Gasteiger partial charge is 0.405 e. The molecule has 19 heavy (non-hydrogen) atoms. The van der Waals surface area contributed by atoms with Gasteiger partial charge in [-0.15, -0.1) is 0 Å². The van der Waals surface area contributed by atoms with Crippen LogP contribution in [0.5, 0.6) is 0 Å². The summed E-state index contributed by atoms with van der Waals surface area (Å²) in [7, 11) is 0. The van der Waals surface area contributed by atoms with Gasteiger partial charge in [0.05, 0.1) is 0 Å². The molecule has 0 spiro atoms. The van der Waals surface area contributed by atoms with Gasteiger partial charge in [-0.2, -0.15) is 11.8 Å². The highest BCUT2D eigenvalue weighted by Gasteiger charge is 2.12. The highest BCUT2D eigenvalue weighted by atomic mass is 35.5. The second-order valence-corrected chi connectivity index (χ2v) is 6.32.